The van der Waals surface area contributed by atoms with Crippen LogP contribution in [0.4, 0.5) is 0 Å². The zero-order valence-corrected chi connectivity index (χ0v) is 13.5. The molecule has 1 amide bonds. The fourth-order valence-electron chi connectivity index (χ4n) is 3.86. The second kappa shape index (κ2) is 7.16. The lowest BCUT2D eigenvalue weighted by atomic mass is 9.72. The molecule has 0 unspecified atom stereocenters. The summed E-state index contributed by atoms with van der Waals surface area (Å²) in [7, 11) is 0. The smallest absolute Gasteiger partial charge is 0.307 e. The molecule has 1 aromatic carbocycles. The van der Waals surface area contributed by atoms with Crippen molar-refractivity contribution < 1.29 is 14.7 Å². The monoisotopic (exact) mass is 315 g/mol. The molecular formula is C19H25NO3. The van der Waals surface area contributed by atoms with E-state index < -0.39 is 11.9 Å². The molecule has 2 aliphatic carbocycles. The summed E-state index contributed by atoms with van der Waals surface area (Å²) in [5.74, 6) is -1.57. The summed E-state index contributed by atoms with van der Waals surface area (Å²) in [6.07, 6.45) is 7.01. The Kier molecular flexibility index (Phi) is 4.99. The molecular weight excluding hydrogens is 290 g/mol. The molecule has 1 aromatic rings. The molecule has 0 spiro atoms. The normalized spacial score (nSPS) is 24.7. The minimum Gasteiger partial charge on any atom is -0.481 e. The van der Waals surface area contributed by atoms with Crippen LogP contribution in [0.2, 0.25) is 0 Å². The summed E-state index contributed by atoms with van der Waals surface area (Å²) < 4.78 is 0. The maximum Gasteiger partial charge on any atom is 0.307 e. The largest absolute Gasteiger partial charge is 0.481 e. The van der Waals surface area contributed by atoms with E-state index in [9.17, 15) is 14.7 Å². The van der Waals surface area contributed by atoms with Gasteiger partial charge in [0.05, 0.1) is 11.8 Å². The molecule has 2 atom stereocenters. The van der Waals surface area contributed by atoms with E-state index in [1.165, 1.54) is 6.42 Å². The zero-order valence-electron chi connectivity index (χ0n) is 13.5. The molecule has 4 nitrogen and oxygen atoms in total. The molecule has 124 valence electrons. The van der Waals surface area contributed by atoms with Gasteiger partial charge in [0.2, 0.25) is 5.91 Å². The van der Waals surface area contributed by atoms with Crippen LogP contribution in [0.5, 0.6) is 0 Å². The molecule has 23 heavy (non-hydrogen) atoms. The van der Waals surface area contributed by atoms with Crippen LogP contribution in [-0.2, 0) is 16.1 Å². The van der Waals surface area contributed by atoms with E-state index in [0.717, 1.165) is 31.2 Å². The van der Waals surface area contributed by atoms with E-state index in [2.05, 4.69) is 0 Å². The second-order valence-electron chi connectivity index (χ2n) is 6.87. The highest BCUT2D eigenvalue weighted by Crippen LogP contribution is 2.37. The molecule has 0 heterocycles. The fraction of sp³-hybridized carbons (Fsp3) is 0.579. The van der Waals surface area contributed by atoms with E-state index in [1.807, 2.05) is 35.2 Å². The highest BCUT2D eigenvalue weighted by Gasteiger charge is 2.44. The molecule has 1 N–H and O–H groups in total. The van der Waals surface area contributed by atoms with Crippen molar-refractivity contribution in [1.29, 1.82) is 0 Å². The van der Waals surface area contributed by atoms with Gasteiger partial charge in [-0.3, -0.25) is 9.59 Å². The number of hydrogen-bond donors (Lipinski definition) is 1. The summed E-state index contributed by atoms with van der Waals surface area (Å²) in [5, 5.41) is 9.26. The van der Waals surface area contributed by atoms with Crippen LogP contribution in [0.25, 0.3) is 0 Å². The minimum atomic E-state index is -0.821. The molecule has 2 saturated carbocycles. The standard InChI is InChI=1S/C19H25NO3/c21-18(16-11-12-17(16)19(22)23)20(15-9-5-2-6-10-15)13-14-7-3-1-4-8-14/h1,3-4,7-8,15-17H,2,5-6,9-13H2,(H,22,23)/t16-,17+/m0/s1. The van der Waals surface area contributed by atoms with Gasteiger partial charge in [0.1, 0.15) is 0 Å². The number of benzene rings is 1. The number of aliphatic carboxylic acids is 1. The Morgan fingerprint density at radius 3 is 2.17 bits per heavy atom. The SMILES string of the molecule is O=C(O)[C@@H]1CC[C@@H]1C(=O)N(Cc1ccccc1)C1CCCCC1. The molecule has 0 aliphatic heterocycles. The third kappa shape index (κ3) is 3.57. The van der Waals surface area contributed by atoms with Crippen molar-refractivity contribution in [2.45, 2.75) is 57.5 Å². The van der Waals surface area contributed by atoms with Crippen molar-refractivity contribution >= 4 is 11.9 Å². The zero-order chi connectivity index (χ0) is 16.2. The summed E-state index contributed by atoms with van der Waals surface area (Å²) in [6.45, 7) is 0.604. The van der Waals surface area contributed by atoms with Gasteiger partial charge in [0.25, 0.3) is 0 Å². The molecule has 2 fully saturated rings. The van der Waals surface area contributed by atoms with Gasteiger partial charge < -0.3 is 10.0 Å². The van der Waals surface area contributed by atoms with Crippen molar-refractivity contribution in [2.75, 3.05) is 0 Å². The Morgan fingerprint density at radius 2 is 1.61 bits per heavy atom. The number of nitrogens with zero attached hydrogens (tertiary/aromatic N) is 1. The lowest BCUT2D eigenvalue weighted by Crippen LogP contribution is -2.49. The Hall–Kier alpha value is -1.84. The topological polar surface area (TPSA) is 57.6 Å². The lowest BCUT2D eigenvalue weighted by molar-refractivity contribution is -0.158. The van der Waals surface area contributed by atoms with Gasteiger partial charge in [0, 0.05) is 12.6 Å². The first-order chi connectivity index (χ1) is 11.2. The first kappa shape index (κ1) is 16.0. The Morgan fingerprint density at radius 1 is 0.957 bits per heavy atom. The number of carbonyl (C=O) groups is 2. The van der Waals surface area contributed by atoms with Gasteiger partial charge in [-0.05, 0) is 31.2 Å². The van der Waals surface area contributed by atoms with Gasteiger partial charge in [-0.25, -0.2) is 0 Å². The number of carbonyl (C=O) groups excluding carboxylic acids is 1. The highest BCUT2D eigenvalue weighted by molar-refractivity contribution is 5.86. The lowest BCUT2D eigenvalue weighted by Gasteiger charge is -2.41. The van der Waals surface area contributed by atoms with Gasteiger partial charge in [-0.2, -0.15) is 0 Å². The van der Waals surface area contributed by atoms with Crippen LogP contribution < -0.4 is 0 Å². The second-order valence-corrected chi connectivity index (χ2v) is 6.87. The van der Waals surface area contributed by atoms with Crippen LogP contribution in [0.1, 0.15) is 50.5 Å². The summed E-state index contributed by atoms with van der Waals surface area (Å²) in [4.78, 5) is 26.3. The minimum absolute atomic E-state index is 0.0550. The number of carboxylic acids is 1. The van der Waals surface area contributed by atoms with E-state index in [0.29, 0.717) is 19.4 Å². The maximum absolute atomic E-state index is 13.0. The predicted octanol–water partition coefficient (Wildman–Crippen LogP) is 3.46. The Bertz CT molecular complexity index is 551. The quantitative estimate of drug-likeness (QED) is 0.905. The van der Waals surface area contributed by atoms with E-state index in [4.69, 9.17) is 0 Å². The van der Waals surface area contributed by atoms with E-state index in [1.54, 1.807) is 0 Å². The van der Waals surface area contributed by atoms with Crippen LogP contribution >= 0.6 is 0 Å². The highest BCUT2D eigenvalue weighted by atomic mass is 16.4. The summed E-state index contributed by atoms with van der Waals surface area (Å²) in [5.41, 5.74) is 1.12. The maximum atomic E-state index is 13.0. The van der Waals surface area contributed by atoms with Crippen molar-refractivity contribution in [3.63, 3.8) is 0 Å². The molecule has 0 bridgehead atoms. The average molecular weight is 315 g/mol. The van der Waals surface area contributed by atoms with E-state index >= 15 is 0 Å². The van der Waals surface area contributed by atoms with Crippen molar-refractivity contribution in [1.82, 2.24) is 4.90 Å². The predicted molar refractivity (Wildman–Crippen MR) is 87.7 cm³/mol. The van der Waals surface area contributed by atoms with E-state index in [-0.39, 0.29) is 17.9 Å². The van der Waals surface area contributed by atoms with Crippen LogP contribution in [0, 0.1) is 11.8 Å². The van der Waals surface area contributed by atoms with Gasteiger partial charge in [-0.15, -0.1) is 0 Å². The molecule has 4 heteroatoms. The van der Waals surface area contributed by atoms with Crippen molar-refractivity contribution in [3.05, 3.63) is 35.9 Å². The number of hydrogen-bond acceptors (Lipinski definition) is 2. The molecule has 0 radical (unpaired) electrons. The number of carboxylic acid groups (broad SMARTS) is 1. The first-order valence-electron chi connectivity index (χ1n) is 8.74. The molecule has 3 rings (SSSR count). The average Bonchev–Trinajstić information content (AvgIpc) is 2.52. The summed E-state index contributed by atoms with van der Waals surface area (Å²) >= 11 is 0. The van der Waals surface area contributed by atoms with Crippen molar-refractivity contribution in [3.8, 4) is 0 Å². The number of rotatable bonds is 5. The van der Waals surface area contributed by atoms with Gasteiger partial charge in [0.15, 0.2) is 0 Å². The third-order valence-corrected chi connectivity index (χ3v) is 5.40. The Balaban J connectivity index is 1.76. The first-order valence-corrected chi connectivity index (χ1v) is 8.74. The van der Waals surface area contributed by atoms with Crippen LogP contribution in [0.3, 0.4) is 0 Å². The number of amides is 1. The van der Waals surface area contributed by atoms with Gasteiger partial charge in [-0.1, -0.05) is 49.6 Å². The molecule has 2 aliphatic rings. The third-order valence-electron chi connectivity index (χ3n) is 5.40. The van der Waals surface area contributed by atoms with Crippen LogP contribution in [0.15, 0.2) is 30.3 Å². The molecule has 0 saturated heterocycles. The van der Waals surface area contributed by atoms with Crippen molar-refractivity contribution in [2.24, 2.45) is 11.8 Å². The van der Waals surface area contributed by atoms with Gasteiger partial charge >= 0.3 is 5.97 Å². The summed E-state index contributed by atoms with van der Waals surface area (Å²) in [6, 6.07) is 10.3. The fourth-order valence-corrected chi connectivity index (χ4v) is 3.86. The van der Waals surface area contributed by atoms with Crippen LogP contribution in [-0.4, -0.2) is 27.9 Å². The Labute approximate surface area is 137 Å². The molecule has 0 aromatic heterocycles.